The number of carbonyl (C=O) groups is 1. The molecule has 0 fully saturated rings. The van der Waals surface area contributed by atoms with Gasteiger partial charge in [0.05, 0.1) is 13.5 Å². The number of ether oxygens (including phenoxy) is 1. The molecule has 0 radical (unpaired) electrons. The molecule has 29 heavy (non-hydrogen) atoms. The van der Waals surface area contributed by atoms with Crippen molar-refractivity contribution < 1.29 is 13.9 Å². The average molecular weight is 386 g/mol. The molecule has 1 aromatic heterocycles. The van der Waals surface area contributed by atoms with Gasteiger partial charge in [-0.2, -0.15) is 0 Å². The summed E-state index contributed by atoms with van der Waals surface area (Å²) < 4.78 is 11.5. The van der Waals surface area contributed by atoms with Gasteiger partial charge in [-0.25, -0.2) is 4.98 Å². The minimum Gasteiger partial charge on any atom is -0.496 e. The third kappa shape index (κ3) is 3.27. The number of nitrogens with zero attached hydrogens (tertiary/aromatic N) is 2. The number of oxazole rings is 1. The van der Waals surface area contributed by atoms with Gasteiger partial charge in [-0.3, -0.25) is 9.79 Å². The standard InChI is InChI=1S/C24H22N2O3/c1-28-20-11-4-2-8-17(20)24-23-15(7-6-10-19(23)27)13-16(25-24)14-22-26-18-9-3-5-12-21(18)29-22/h2-5,8-9,11-12,24H,6-7,10,13-14H2,1H3. The number of rotatable bonds is 4. The number of hydrogen-bond acceptors (Lipinski definition) is 5. The van der Waals surface area contributed by atoms with E-state index in [-0.39, 0.29) is 11.8 Å². The SMILES string of the molecule is COc1ccccc1C1N=C(Cc2nc3ccccc3o2)CC2=C1C(=O)CCC2. The predicted molar refractivity (Wildman–Crippen MR) is 111 cm³/mol. The molecule has 5 nitrogen and oxygen atoms in total. The molecule has 146 valence electrons. The minimum atomic E-state index is -0.318. The van der Waals surface area contributed by atoms with Crippen LogP contribution in [0, 0.1) is 0 Å². The Hall–Kier alpha value is -3.21. The Morgan fingerprint density at radius 3 is 2.79 bits per heavy atom. The first-order chi connectivity index (χ1) is 14.2. The number of methoxy groups -OCH3 is 1. The zero-order chi connectivity index (χ0) is 19.8. The largest absolute Gasteiger partial charge is 0.496 e. The van der Waals surface area contributed by atoms with Crippen molar-refractivity contribution in [2.24, 2.45) is 4.99 Å². The fourth-order valence-corrected chi connectivity index (χ4v) is 4.39. The fraction of sp³-hybridized carbons (Fsp3) is 0.292. The average Bonchev–Trinajstić information content (AvgIpc) is 3.15. The van der Waals surface area contributed by atoms with Crippen molar-refractivity contribution in [2.75, 3.05) is 7.11 Å². The first kappa shape index (κ1) is 17.9. The van der Waals surface area contributed by atoms with E-state index in [1.54, 1.807) is 7.11 Å². The molecule has 2 aliphatic rings. The van der Waals surface area contributed by atoms with Crippen molar-refractivity contribution in [1.82, 2.24) is 4.98 Å². The fourth-order valence-electron chi connectivity index (χ4n) is 4.39. The molecule has 2 heterocycles. The number of allylic oxidation sites excluding steroid dienone is 1. The topological polar surface area (TPSA) is 64.7 Å². The summed E-state index contributed by atoms with van der Waals surface area (Å²) in [6.07, 6.45) is 3.71. The molecule has 2 aromatic carbocycles. The van der Waals surface area contributed by atoms with Crippen molar-refractivity contribution in [2.45, 2.75) is 38.1 Å². The number of hydrogen-bond donors (Lipinski definition) is 0. The lowest BCUT2D eigenvalue weighted by Crippen LogP contribution is -2.24. The van der Waals surface area contributed by atoms with Gasteiger partial charge in [-0.05, 0) is 31.0 Å². The van der Waals surface area contributed by atoms with E-state index in [0.717, 1.165) is 46.5 Å². The maximum Gasteiger partial charge on any atom is 0.201 e. The van der Waals surface area contributed by atoms with Crippen LogP contribution in [0.2, 0.25) is 0 Å². The third-order valence-corrected chi connectivity index (χ3v) is 5.69. The Kier molecular flexibility index (Phi) is 4.51. The van der Waals surface area contributed by atoms with E-state index < -0.39 is 0 Å². The van der Waals surface area contributed by atoms with Crippen LogP contribution < -0.4 is 4.74 Å². The Labute approximate surface area is 169 Å². The van der Waals surface area contributed by atoms with Gasteiger partial charge in [-0.15, -0.1) is 0 Å². The molecule has 0 saturated heterocycles. The molecule has 3 aromatic rings. The van der Waals surface area contributed by atoms with Crippen LogP contribution in [0.5, 0.6) is 5.75 Å². The van der Waals surface area contributed by atoms with Gasteiger partial charge >= 0.3 is 0 Å². The second kappa shape index (κ2) is 7.32. The Bertz CT molecular complexity index is 1120. The highest BCUT2D eigenvalue weighted by Gasteiger charge is 2.34. The maximum absolute atomic E-state index is 12.8. The minimum absolute atomic E-state index is 0.215. The molecule has 1 atom stereocenters. The van der Waals surface area contributed by atoms with Gasteiger partial charge in [0.15, 0.2) is 11.4 Å². The highest BCUT2D eigenvalue weighted by molar-refractivity contribution is 6.02. The number of ketones is 1. The summed E-state index contributed by atoms with van der Waals surface area (Å²) in [5.74, 6) is 1.64. The molecule has 0 spiro atoms. The van der Waals surface area contributed by atoms with Crippen LogP contribution in [-0.2, 0) is 11.2 Å². The van der Waals surface area contributed by atoms with E-state index in [1.807, 2.05) is 48.5 Å². The summed E-state index contributed by atoms with van der Waals surface area (Å²) in [6.45, 7) is 0. The summed E-state index contributed by atoms with van der Waals surface area (Å²) in [5.41, 5.74) is 5.65. The van der Waals surface area contributed by atoms with Gasteiger partial charge in [0.2, 0.25) is 5.89 Å². The zero-order valence-corrected chi connectivity index (χ0v) is 16.4. The summed E-state index contributed by atoms with van der Waals surface area (Å²) >= 11 is 0. The number of dihydropyridines is 1. The van der Waals surface area contributed by atoms with Crippen molar-refractivity contribution in [3.05, 3.63) is 71.1 Å². The van der Waals surface area contributed by atoms with Crippen LogP contribution in [0.3, 0.4) is 0 Å². The number of aromatic nitrogens is 1. The molecule has 0 saturated carbocycles. The molecular weight excluding hydrogens is 364 g/mol. The smallest absolute Gasteiger partial charge is 0.201 e. The van der Waals surface area contributed by atoms with E-state index >= 15 is 0 Å². The van der Waals surface area contributed by atoms with Gasteiger partial charge in [0, 0.05) is 29.7 Å². The number of para-hydroxylation sites is 3. The number of fused-ring (bicyclic) bond motifs is 1. The summed E-state index contributed by atoms with van der Waals surface area (Å²) in [6, 6.07) is 15.3. The third-order valence-electron chi connectivity index (χ3n) is 5.69. The van der Waals surface area contributed by atoms with Crippen molar-refractivity contribution in [3.63, 3.8) is 0 Å². The van der Waals surface area contributed by atoms with Gasteiger partial charge in [0.1, 0.15) is 17.3 Å². The van der Waals surface area contributed by atoms with Crippen molar-refractivity contribution in [1.29, 1.82) is 0 Å². The number of Topliss-reactive ketones (excluding diaryl/α,β-unsaturated/α-hetero) is 1. The Morgan fingerprint density at radius 1 is 1.10 bits per heavy atom. The lowest BCUT2D eigenvalue weighted by Gasteiger charge is -2.30. The molecule has 0 amide bonds. The molecule has 5 rings (SSSR count). The Morgan fingerprint density at radius 2 is 1.93 bits per heavy atom. The zero-order valence-electron chi connectivity index (χ0n) is 16.4. The second-order valence-corrected chi connectivity index (χ2v) is 7.56. The van der Waals surface area contributed by atoms with Gasteiger partial charge in [-0.1, -0.05) is 35.9 Å². The molecular formula is C24H22N2O3. The lowest BCUT2D eigenvalue weighted by atomic mass is 9.79. The summed E-state index contributed by atoms with van der Waals surface area (Å²) in [7, 11) is 1.66. The van der Waals surface area contributed by atoms with E-state index in [9.17, 15) is 4.79 Å². The predicted octanol–water partition coefficient (Wildman–Crippen LogP) is 5.01. The van der Waals surface area contributed by atoms with Crippen molar-refractivity contribution in [3.8, 4) is 5.75 Å². The molecule has 0 N–H and O–H groups in total. The van der Waals surface area contributed by atoms with Crippen LogP contribution in [0.4, 0.5) is 0 Å². The normalized spacial score (nSPS) is 19.3. The second-order valence-electron chi connectivity index (χ2n) is 7.56. The summed E-state index contributed by atoms with van der Waals surface area (Å²) in [4.78, 5) is 22.4. The van der Waals surface area contributed by atoms with E-state index in [1.165, 1.54) is 5.57 Å². The maximum atomic E-state index is 12.8. The van der Waals surface area contributed by atoms with Crippen LogP contribution >= 0.6 is 0 Å². The van der Waals surface area contributed by atoms with Gasteiger partial charge in [0.25, 0.3) is 0 Å². The first-order valence-electron chi connectivity index (χ1n) is 10.0. The van der Waals surface area contributed by atoms with Crippen LogP contribution in [0.15, 0.2) is 69.1 Å². The molecule has 1 aliphatic carbocycles. The molecule has 0 bridgehead atoms. The molecule has 5 heteroatoms. The van der Waals surface area contributed by atoms with E-state index in [0.29, 0.717) is 25.2 Å². The number of aliphatic imine (C=N–C) groups is 1. The highest BCUT2D eigenvalue weighted by Crippen LogP contribution is 2.42. The van der Waals surface area contributed by atoms with Crippen LogP contribution in [0.1, 0.15) is 43.2 Å². The number of carbonyl (C=O) groups excluding carboxylic acids is 1. The van der Waals surface area contributed by atoms with Gasteiger partial charge < -0.3 is 9.15 Å². The lowest BCUT2D eigenvalue weighted by molar-refractivity contribution is -0.116. The molecule has 1 aliphatic heterocycles. The monoisotopic (exact) mass is 386 g/mol. The van der Waals surface area contributed by atoms with E-state index in [4.69, 9.17) is 14.1 Å². The first-order valence-corrected chi connectivity index (χ1v) is 10.0. The van der Waals surface area contributed by atoms with Crippen LogP contribution in [-0.4, -0.2) is 23.6 Å². The van der Waals surface area contributed by atoms with Crippen molar-refractivity contribution >= 4 is 22.6 Å². The molecule has 1 unspecified atom stereocenters. The van der Waals surface area contributed by atoms with E-state index in [2.05, 4.69) is 4.98 Å². The summed E-state index contributed by atoms with van der Waals surface area (Å²) in [5, 5.41) is 0. The van der Waals surface area contributed by atoms with Crippen LogP contribution in [0.25, 0.3) is 11.1 Å². The quantitative estimate of drug-likeness (QED) is 0.632. The highest BCUT2D eigenvalue weighted by atomic mass is 16.5. The number of benzene rings is 2. The Balaban J connectivity index is 1.55.